The first-order valence-corrected chi connectivity index (χ1v) is 6.27. The van der Waals surface area contributed by atoms with Crippen LogP contribution in [0.3, 0.4) is 0 Å². The second-order valence-electron chi connectivity index (χ2n) is 4.50. The molecule has 2 rings (SSSR count). The van der Waals surface area contributed by atoms with Crippen LogP contribution >= 0.6 is 11.3 Å². The monoisotopic (exact) mass is 220 g/mol. The number of nitriles is 1. The van der Waals surface area contributed by atoms with E-state index in [1.165, 1.54) is 30.6 Å². The Balaban J connectivity index is 1.90. The number of hydrogen-bond acceptors (Lipinski definition) is 3. The van der Waals surface area contributed by atoms with Gasteiger partial charge in [0.25, 0.3) is 0 Å². The van der Waals surface area contributed by atoms with Gasteiger partial charge in [0.15, 0.2) is 0 Å². The van der Waals surface area contributed by atoms with Crippen molar-refractivity contribution < 1.29 is 0 Å². The molecule has 0 saturated heterocycles. The molecule has 0 spiro atoms. The molecule has 0 unspecified atom stereocenters. The quantitative estimate of drug-likeness (QED) is 0.850. The minimum Gasteiger partial charge on any atom is -0.307 e. The third-order valence-corrected chi connectivity index (χ3v) is 4.16. The molecule has 1 aromatic rings. The number of rotatable bonds is 3. The Morgan fingerprint density at radius 1 is 1.47 bits per heavy atom. The van der Waals surface area contributed by atoms with E-state index < -0.39 is 0 Å². The van der Waals surface area contributed by atoms with Crippen LogP contribution in [0, 0.1) is 11.3 Å². The third-order valence-electron chi connectivity index (χ3n) is 3.17. The van der Waals surface area contributed by atoms with Gasteiger partial charge in [-0.25, -0.2) is 0 Å². The largest absolute Gasteiger partial charge is 0.307 e. The highest BCUT2D eigenvalue weighted by molar-refractivity contribution is 7.12. The van der Waals surface area contributed by atoms with Crippen LogP contribution < -0.4 is 5.32 Å². The van der Waals surface area contributed by atoms with E-state index in [0.29, 0.717) is 5.54 Å². The van der Waals surface area contributed by atoms with E-state index in [0.717, 1.165) is 11.4 Å². The standard InChI is InChI=1S/C12H16N2S/c1-12(6-2-3-7-12)14-9-11-5-4-10(8-13)15-11/h4-5,14H,2-3,6-7,9H2,1H3. The Hall–Kier alpha value is -0.850. The first kappa shape index (κ1) is 10.7. The second-order valence-corrected chi connectivity index (χ2v) is 5.67. The van der Waals surface area contributed by atoms with Crippen LogP contribution in [0.5, 0.6) is 0 Å². The highest BCUT2D eigenvalue weighted by atomic mass is 32.1. The van der Waals surface area contributed by atoms with Gasteiger partial charge in [-0.1, -0.05) is 12.8 Å². The van der Waals surface area contributed by atoms with E-state index in [-0.39, 0.29) is 0 Å². The lowest BCUT2D eigenvalue weighted by Crippen LogP contribution is -2.38. The van der Waals surface area contributed by atoms with E-state index in [2.05, 4.69) is 24.4 Å². The first-order chi connectivity index (χ1) is 7.22. The van der Waals surface area contributed by atoms with E-state index in [1.807, 2.05) is 6.07 Å². The van der Waals surface area contributed by atoms with Crippen LogP contribution in [0.1, 0.15) is 42.4 Å². The Kier molecular flexibility index (Phi) is 3.08. The fraction of sp³-hybridized carbons (Fsp3) is 0.583. The Labute approximate surface area is 94.9 Å². The maximum absolute atomic E-state index is 8.72. The topological polar surface area (TPSA) is 35.8 Å². The van der Waals surface area contributed by atoms with E-state index in [4.69, 9.17) is 5.26 Å². The van der Waals surface area contributed by atoms with Gasteiger partial charge in [-0.05, 0) is 31.9 Å². The van der Waals surface area contributed by atoms with Crippen LogP contribution in [0.15, 0.2) is 12.1 Å². The molecule has 0 aliphatic heterocycles. The summed E-state index contributed by atoms with van der Waals surface area (Å²) in [5.74, 6) is 0. The molecule has 80 valence electrons. The minimum atomic E-state index is 0.330. The Bertz CT molecular complexity index is 369. The molecular weight excluding hydrogens is 204 g/mol. The number of hydrogen-bond donors (Lipinski definition) is 1. The number of nitrogens with one attached hydrogen (secondary N) is 1. The number of thiophene rings is 1. The van der Waals surface area contributed by atoms with Gasteiger partial charge >= 0.3 is 0 Å². The molecular formula is C12H16N2S. The molecule has 15 heavy (non-hydrogen) atoms. The van der Waals surface area contributed by atoms with E-state index in [9.17, 15) is 0 Å². The van der Waals surface area contributed by atoms with Crippen LogP contribution in [-0.2, 0) is 6.54 Å². The third kappa shape index (κ3) is 2.58. The molecule has 1 aliphatic carbocycles. The van der Waals surface area contributed by atoms with Crippen molar-refractivity contribution in [2.24, 2.45) is 0 Å². The zero-order chi connectivity index (χ0) is 10.7. The van der Waals surface area contributed by atoms with Crippen LogP contribution in [-0.4, -0.2) is 5.54 Å². The zero-order valence-corrected chi connectivity index (χ0v) is 9.86. The Morgan fingerprint density at radius 3 is 2.80 bits per heavy atom. The van der Waals surface area contributed by atoms with Crippen molar-refractivity contribution in [1.82, 2.24) is 5.32 Å². The van der Waals surface area contributed by atoms with E-state index >= 15 is 0 Å². The smallest absolute Gasteiger partial charge is 0.110 e. The Morgan fingerprint density at radius 2 is 2.20 bits per heavy atom. The van der Waals surface area contributed by atoms with Gasteiger partial charge in [-0.2, -0.15) is 5.26 Å². The lowest BCUT2D eigenvalue weighted by atomic mass is 10.0. The summed E-state index contributed by atoms with van der Waals surface area (Å²) in [6.07, 6.45) is 5.25. The average Bonchev–Trinajstić information content (AvgIpc) is 2.84. The maximum atomic E-state index is 8.72. The molecule has 0 bridgehead atoms. The molecule has 1 saturated carbocycles. The minimum absolute atomic E-state index is 0.330. The maximum Gasteiger partial charge on any atom is 0.110 e. The average molecular weight is 220 g/mol. The summed E-state index contributed by atoms with van der Waals surface area (Å²) in [4.78, 5) is 2.07. The van der Waals surface area contributed by atoms with E-state index in [1.54, 1.807) is 11.3 Å². The summed E-state index contributed by atoms with van der Waals surface area (Å²) in [5.41, 5.74) is 0.330. The normalized spacial score (nSPS) is 18.9. The molecule has 1 aliphatic rings. The SMILES string of the molecule is CC1(NCc2ccc(C#N)s2)CCCC1. The zero-order valence-electron chi connectivity index (χ0n) is 9.05. The van der Waals surface area contributed by atoms with Crippen molar-refractivity contribution in [2.75, 3.05) is 0 Å². The summed E-state index contributed by atoms with van der Waals surface area (Å²) in [6.45, 7) is 3.21. The summed E-state index contributed by atoms with van der Waals surface area (Å²) in [7, 11) is 0. The fourth-order valence-corrected chi connectivity index (χ4v) is 2.91. The fourth-order valence-electron chi connectivity index (χ4n) is 2.17. The molecule has 1 aromatic heterocycles. The van der Waals surface area contributed by atoms with Crippen molar-refractivity contribution in [3.05, 3.63) is 21.9 Å². The molecule has 1 heterocycles. The van der Waals surface area contributed by atoms with Crippen LogP contribution in [0.25, 0.3) is 0 Å². The molecule has 1 fully saturated rings. The highest BCUT2D eigenvalue weighted by Gasteiger charge is 2.27. The van der Waals surface area contributed by atoms with Gasteiger partial charge in [-0.15, -0.1) is 11.3 Å². The van der Waals surface area contributed by atoms with Crippen molar-refractivity contribution >= 4 is 11.3 Å². The summed E-state index contributed by atoms with van der Waals surface area (Å²) < 4.78 is 0. The van der Waals surface area contributed by atoms with Gasteiger partial charge in [0, 0.05) is 17.0 Å². The van der Waals surface area contributed by atoms with Crippen molar-refractivity contribution in [2.45, 2.75) is 44.7 Å². The molecule has 0 radical (unpaired) electrons. The van der Waals surface area contributed by atoms with Crippen LogP contribution in [0.4, 0.5) is 0 Å². The van der Waals surface area contributed by atoms with Gasteiger partial charge in [0.2, 0.25) is 0 Å². The molecule has 2 nitrogen and oxygen atoms in total. The summed E-state index contributed by atoms with van der Waals surface area (Å²) in [6, 6.07) is 6.13. The number of nitrogens with zero attached hydrogens (tertiary/aromatic N) is 1. The van der Waals surface area contributed by atoms with Crippen molar-refractivity contribution in [1.29, 1.82) is 5.26 Å². The molecule has 1 N–H and O–H groups in total. The van der Waals surface area contributed by atoms with Gasteiger partial charge in [0.1, 0.15) is 10.9 Å². The van der Waals surface area contributed by atoms with Gasteiger partial charge in [0.05, 0.1) is 0 Å². The summed E-state index contributed by atoms with van der Waals surface area (Å²) >= 11 is 1.59. The first-order valence-electron chi connectivity index (χ1n) is 5.46. The molecule has 3 heteroatoms. The van der Waals surface area contributed by atoms with Crippen molar-refractivity contribution in [3.63, 3.8) is 0 Å². The lowest BCUT2D eigenvalue weighted by Gasteiger charge is -2.24. The molecule has 0 aromatic carbocycles. The summed E-state index contributed by atoms with van der Waals surface area (Å²) in [5, 5.41) is 12.3. The van der Waals surface area contributed by atoms with Gasteiger partial charge in [-0.3, -0.25) is 0 Å². The molecule has 0 atom stereocenters. The van der Waals surface area contributed by atoms with Crippen molar-refractivity contribution in [3.8, 4) is 6.07 Å². The second kappa shape index (κ2) is 4.34. The lowest BCUT2D eigenvalue weighted by molar-refractivity contribution is 0.364. The predicted octanol–water partition coefficient (Wildman–Crippen LogP) is 3.04. The molecule has 0 amide bonds. The highest BCUT2D eigenvalue weighted by Crippen LogP contribution is 2.29. The predicted molar refractivity (Wildman–Crippen MR) is 62.7 cm³/mol. The van der Waals surface area contributed by atoms with Gasteiger partial charge < -0.3 is 5.32 Å². The van der Waals surface area contributed by atoms with Crippen LogP contribution in [0.2, 0.25) is 0 Å².